The lowest BCUT2D eigenvalue weighted by Crippen LogP contribution is -2.37. The van der Waals surface area contributed by atoms with Crippen LogP contribution in [-0.4, -0.2) is 27.0 Å². The highest BCUT2D eigenvalue weighted by Gasteiger charge is 2.29. The summed E-state index contributed by atoms with van der Waals surface area (Å²) in [6.07, 6.45) is 2.75. The van der Waals surface area contributed by atoms with E-state index in [1.807, 2.05) is 16.7 Å². The number of aromatic nitrogens is 2. The van der Waals surface area contributed by atoms with Crippen molar-refractivity contribution >= 4 is 11.0 Å². The molecule has 1 atom stereocenters. The average molecular weight is 257 g/mol. The minimum atomic E-state index is 0.0302. The fourth-order valence-corrected chi connectivity index (χ4v) is 3.23. The lowest BCUT2D eigenvalue weighted by atomic mass is 10.1. The Morgan fingerprint density at radius 1 is 1.37 bits per heavy atom. The van der Waals surface area contributed by atoms with Crippen LogP contribution in [0.1, 0.15) is 25.3 Å². The lowest BCUT2D eigenvalue weighted by molar-refractivity contribution is 0.181. The van der Waals surface area contributed by atoms with Crippen LogP contribution in [0.25, 0.3) is 11.0 Å². The van der Waals surface area contributed by atoms with Gasteiger partial charge in [0.2, 0.25) is 0 Å². The number of nitrogens with zero attached hydrogens (tertiary/aromatic N) is 2. The van der Waals surface area contributed by atoms with Crippen molar-refractivity contribution in [3.05, 3.63) is 34.2 Å². The third-order valence-corrected chi connectivity index (χ3v) is 4.51. The summed E-state index contributed by atoms with van der Waals surface area (Å²) in [6, 6.07) is 6.62. The van der Waals surface area contributed by atoms with Gasteiger partial charge in [-0.05, 0) is 37.3 Å². The first-order chi connectivity index (χ1) is 9.22. The van der Waals surface area contributed by atoms with Crippen molar-refractivity contribution < 1.29 is 0 Å². The van der Waals surface area contributed by atoms with Gasteiger partial charge in [-0.2, -0.15) is 0 Å². The summed E-state index contributed by atoms with van der Waals surface area (Å²) < 4.78 is 1.92. The second-order valence-corrected chi connectivity index (χ2v) is 6.08. The molecule has 1 N–H and O–H groups in total. The van der Waals surface area contributed by atoms with Crippen molar-refractivity contribution in [2.45, 2.75) is 38.9 Å². The van der Waals surface area contributed by atoms with Gasteiger partial charge in [0.1, 0.15) is 0 Å². The molecule has 0 amide bonds. The van der Waals surface area contributed by atoms with Crippen LogP contribution in [-0.2, 0) is 13.1 Å². The van der Waals surface area contributed by atoms with Crippen molar-refractivity contribution in [2.75, 3.05) is 6.54 Å². The zero-order valence-electron chi connectivity index (χ0n) is 11.2. The molecule has 2 aliphatic rings. The van der Waals surface area contributed by atoms with E-state index in [4.69, 9.17) is 0 Å². The smallest absolute Gasteiger partial charge is 0.306 e. The van der Waals surface area contributed by atoms with E-state index >= 15 is 0 Å². The molecule has 4 rings (SSSR count). The van der Waals surface area contributed by atoms with E-state index in [1.54, 1.807) is 0 Å². The first kappa shape index (κ1) is 11.3. The Morgan fingerprint density at radius 3 is 3.00 bits per heavy atom. The zero-order chi connectivity index (χ0) is 13.0. The Bertz CT molecular complexity index is 680. The highest BCUT2D eigenvalue weighted by atomic mass is 16.1. The number of nitrogens with one attached hydrogen (secondary N) is 1. The van der Waals surface area contributed by atoms with Gasteiger partial charge in [0.15, 0.2) is 0 Å². The van der Waals surface area contributed by atoms with Gasteiger partial charge in [0, 0.05) is 25.7 Å². The van der Waals surface area contributed by atoms with Gasteiger partial charge < -0.3 is 4.98 Å². The number of H-pyrrole nitrogens is 1. The molecule has 1 aromatic heterocycles. The summed E-state index contributed by atoms with van der Waals surface area (Å²) >= 11 is 0. The van der Waals surface area contributed by atoms with Crippen LogP contribution in [0.2, 0.25) is 0 Å². The fourth-order valence-electron chi connectivity index (χ4n) is 3.23. The minimum Gasteiger partial charge on any atom is -0.306 e. The van der Waals surface area contributed by atoms with Crippen LogP contribution in [0, 0.1) is 5.92 Å². The predicted molar refractivity (Wildman–Crippen MR) is 75.2 cm³/mol. The highest BCUT2D eigenvalue weighted by Crippen LogP contribution is 2.32. The van der Waals surface area contributed by atoms with Gasteiger partial charge in [-0.25, -0.2) is 4.79 Å². The molecule has 0 radical (unpaired) electrons. The van der Waals surface area contributed by atoms with Crippen LogP contribution in [0.5, 0.6) is 0 Å². The minimum absolute atomic E-state index is 0.0302. The zero-order valence-corrected chi connectivity index (χ0v) is 11.2. The highest BCUT2D eigenvalue weighted by molar-refractivity contribution is 5.79. The third kappa shape index (κ3) is 1.82. The van der Waals surface area contributed by atoms with Crippen LogP contribution < -0.4 is 5.69 Å². The molecule has 4 heteroatoms. The van der Waals surface area contributed by atoms with E-state index in [9.17, 15) is 4.79 Å². The maximum atomic E-state index is 12.1. The maximum Gasteiger partial charge on any atom is 0.326 e. The number of imidazole rings is 1. The van der Waals surface area contributed by atoms with E-state index in [-0.39, 0.29) is 5.69 Å². The molecule has 1 aromatic carbocycles. The van der Waals surface area contributed by atoms with E-state index < -0.39 is 0 Å². The monoisotopic (exact) mass is 257 g/mol. The maximum absolute atomic E-state index is 12.1. The van der Waals surface area contributed by atoms with Gasteiger partial charge in [-0.15, -0.1) is 0 Å². The van der Waals surface area contributed by atoms with Crippen LogP contribution >= 0.6 is 0 Å². The Hall–Kier alpha value is -1.55. The Morgan fingerprint density at radius 2 is 2.21 bits per heavy atom. The van der Waals surface area contributed by atoms with E-state index in [0.29, 0.717) is 6.04 Å². The topological polar surface area (TPSA) is 41.0 Å². The molecular formula is C15H19N3O. The van der Waals surface area contributed by atoms with Crippen molar-refractivity contribution in [1.82, 2.24) is 14.5 Å². The van der Waals surface area contributed by atoms with E-state index in [0.717, 1.165) is 30.0 Å². The van der Waals surface area contributed by atoms with Gasteiger partial charge in [0.25, 0.3) is 0 Å². The number of hydrogen-bond donors (Lipinski definition) is 1. The normalized spacial score (nSPS) is 23.7. The summed E-state index contributed by atoms with van der Waals surface area (Å²) in [5, 5.41) is 0. The third-order valence-electron chi connectivity index (χ3n) is 4.51. The quantitative estimate of drug-likeness (QED) is 0.893. The summed E-state index contributed by atoms with van der Waals surface area (Å²) in [7, 11) is 0. The number of para-hydroxylation sites is 1. The molecule has 2 heterocycles. The molecule has 0 unspecified atom stereocenters. The standard InChI is InChI=1S/C15H19N3O/c1-10-7-18-14-12(9-17(10)8-11-5-6-11)3-2-4-13(14)16-15(18)19/h2-4,10-11H,5-9H2,1H3,(H,16,19)/t10-/m0/s1. The van der Waals surface area contributed by atoms with Crippen LogP contribution in [0.4, 0.5) is 0 Å². The summed E-state index contributed by atoms with van der Waals surface area (Å²) in [5.41, 5.74) is 3.39. The fraction of sp³-hybridized carbons (Fsp3) is 0.533. The summed E-state index contributed by atoms with van der Waals surface area (Å²) in [5.74, 6) is 0.886. The van der Waals surface area contributed by atoms with Gasteiger partial charge in [-0.3, -0.25) is 9.47 Å². The van der Waals surface area contributed by atoms with Crippen molar-refractivity contribution in [3.63, 3.8) is 0 Å². The molecule has 2 aromatic rings. The van der Waals surface area contributed by atoms with E-state index in [2.05, 4.69) is 22.9 Å². The van der Waals surface area contributed by atoms with E-state index in [1.165, 1.54) is 24.9 Å². The van der Waals surface area contributed by atoms with Gasteiger partial charge >= 0.3 is 5.69 Å². The number of benzene rings is 1. The Labute approximate surface area is 112 Å². The average Bonchev–Trinajstić information content (AvgIpc) is 3.15. The molecule has 0 saturated heterocycles. The number of hydrogen-bond acceptors (Lipinski definition) is 2. The molecule has 100 valence electrons. The predicted octanol–water partition coefficient (Wildman–Crippen LogP) is 1.94. The second-order valence-electron chi connectivity index (χ2n) is 6.08. The van der Waals surface area contributed by atoms with Crippen molar-refractivity contribution in [3.8, 4) is 0 Å². The molecule has 0 spiro atoms. The molecule has 1 fully saturated rings. The van der Waals surface area contributed by atoms with Crippen molar-refractivity contribution in [1.29, 1.82) is 0 Å². The first-order valence-electron chi connectivity index (χ1n) is 7.17. The van der Waals surface area contributed by atoms with Gasteiger partial charge in [0.05, 0.1) is 11.0 Å². The Kier molecular flexibility index (Phi) is 2.36. The summed E-state index contributed by atoms with van der Waals surface area (Å²) in [6.45, 7) is 5.18. The molecule has 1 aliphatic carbocycles. The molecular weight excluding hydrogens is 238 g/mol. The molecule has 19 heavy (non-hydrogen) atoms. The first-order valence-corrected chi connectivity index (χ1v) is 7.17. The molecule has 1 saturated carbocycles. The van der Waals surface area contributed by atoms with Crippen LogP contribution in [0.15, 0.2) is 23.0 Å². The second kappa shape index (κ2) is 3.97. The molecule has 1 aliphatic heterocycles. The number of aromatic amines is 1. The van der Waals surface area contributed by atoms with Crippen LogP contribution in [0.3, 0.4) is 0 Å². The van der Waals surface area contributed by atoms with Crippen molar-refractivity contribution in [2.24, 2.45) is 5.92 Å². The van der Waals surface area contributed by atoms with Gasteiger partial charge in [-0.1, -0.05) is 12.1 Å². The number of rotatable bonds is 2. The summed E-state index contributed by atoms with van der Waals surface area (Å²) in [4.78, 5) is 17.6. The lowest BCUT2D eigenvalue weighted by Gasteiger charge is -2.27. The largest absolute Gasteiger partial charge is 0.326 e. The molecule has 0 bridgehead atoms. The molecule has 4 nitrogen and oxygen atoms in total. The Balaban J connectivity index is 1.82. The SMILES string of the molecule is C[C@H]1Cn2c(=O)[nH]c3cccc(c32)CN1CC1CC1.